The average Bonchev–Trinajstić information content (AvgIpc) is 2.45. The summed E-state index contributed by atoms with van der Waals surface area (Å²) in [5, 5.41) is 0. The summed E-state index contributed by atoms with van der Waals surface area (Å²) in [5.41, 5.74) is 0.900. The molecule has 0 spiro atoms. The fourth-order valence-electron chi connectivity index (χ4n) is 2.49. The molecule has 0 bridgehead atoms. The topological polar surface area (TPSA) is 38.8 Å². The van der Waals surface area contributed by atoms with Crippen LogP contribution in [0, 0.1) is 0 Å². The molecule has 4 heteroatoms. The van der Waals surface area contributed by atoms with Gasteiger partial charge in [-0.05, 0) is 26.0 Å². The van der Waals surface area contributed by atoms with Gasteiger partial charge in [0.1, 0.15) is 5.75 Å². The van der Waals surface area contributed by atoms with Crippen molar-refractivity contribution in [1.82, 2.24) is 4.90 Å². The Morgan fingerprint density at radius 3 is 2.60 bits per heavy atom. The highest BCUT2D eigenvalue weighted by Crippen LogP contribution is 2.19. The van der Waals surface area contributed by atoms with Crippen molar-refractivity contribution in [3.8, 4) is 5.75 Å². The Balaban J connectivity index is 2.12. The normalized spacial score (nSPS) is 23.1. The van der Waals surface area contributed by atoms with E-state index >= 15 is 0 Å². The van der Waals surface area contributed by atoms with Crippen molar-refractivity contribution in [1.29, 1.82) is 0 Å². The average molecular weight is 275 g/mol. The molecule has 1 fully saturated rings. The van der Waals surface area contributed by atoms with E-state index in [9.17, 15) is 4.79 Å². The summed E-state index contributed by atoms with van der Waals surface area (Å²) >= 11 is 0. The lowest BCUT2D eigenvalue weighted by atomic mass is 10.1. The zero-order valence-corrected chi connectivity index (χ0v) is 12.2. The van der Waals surface area contributed by atoms with Crippen LogP contribution in [-0.4, -0.2) is 43.2 Å². The summed E-state index contributed by atoms with van der Waals surface area (Å²) in [4.78, 5) is 14.2. The van der Waals surface area contributed by atoms with Gasteiger partial charge in [0.05, 0.1) is 32.4 Å². The number of amides is 1. The molecule has 0 radical (unpaired) electrons. The van der Waals surface area contributed by atoms with E-state index in [2.05, 4.69) is 0 Å². The van der Waals surface area contributed by atoms with E-state index in [1.165, 1.54) is 0 Å². The molecule has 1 aliphatic heterocycles. The predicted octanol–water partition coefficient (Wildman–Crippen LogP) is 2.34. The van der Waals surface area contributed by atoms with Crippen LogP contribution < -0.4 is 4.74 Å². The molecule has 1 aliphatic rings. The number of nitrogens with zero attached hydrogens (tertiary/aromatic N) is 1. The van der Waals surface area contributed by atoms with E-state index in [0.717, 1.165) is 11.3 Å². The van der Waals surface area contributed by atoms with Gasteiger partial charge < -0.3 is 14.4 Å². The van der Waals surface area contributed by atoms with Crippen molar-refractivity contribution in [3.63, 3.8) is 0 Å². The van der Waals surface area contributed by atoms with Crippen molar-refractivity contribution >= 4 is 12.0 Å². The fraction of sp³-hybridized carbons (Fsp3) is 0.438. The highest BCUT2D eigenvalue weighted by Gasteiger charge is 2.28. The summed E-state index contributed by atoms with van der Waals surface area (Å²) in [6.45, 7) is 5.20. The number of hydrogen-bond acceptors (Lipinski definition) is 3. The van der Waals surface area contributed by atoms with Gasteiger partial charge in [0.15, 0.2) is 0 Å². The van der Waals surface area contributed by atoms with Crippen molar-refractivity contribution in [3.05, 3.63) is 35.9 Å². The standard InChI is InChI=1S/C16H21NO3/c1-12-10-20-11-13(2)17(12)16(18)9-8-14-6-4-5-7-15(14)19-3/h4-9,12-13H,10-11H2,1-3H3/b9-8-/t12-,13+. The lowest BCUT2D eigenvalue weighted by Gasteiger charge is -2.38. The minimum atomic E-state index is 0.0132. The quantitative estimate of drug-likeness (QED) is 0.795. The molecule has 0 N–H and O–H groups in total. The number of hydrogen-bond donors (Lipinski definition) is 0. The molecule has 2 atom stereocenters. The predicted molar refractivity (Wildman–Crippen MR) is 78.6 cm³/mol. The molecule has 4 nitrogen and oxygen atoms in total. The molecule has 0 unspecified atom stereocenters. The van der Waals surface area contributed by atoms with Gasteiger partial charge in [0.2, 0.25) is 5.91 Å². The van der Waals surface area contributed by atoms with E-state index in [1.54, 1.807) is 19.3 Å². The highest BCUT2D eigenvalue weighted by atomic mass is 16.5. The Labute approximate surface area is 120 Å². The third-order valence-corrected chi connectivity index (χ3v) is 3.47. The largest absolute Gasteiger partial charge is 0.496 e. The van der Waals surface area contributed by atoms with Crippen LogP contribution >= 0.6 is 0 Å². The molecule has 1 heterocycles. The Hall–Kier alpha value is -1.81. The van der Waals surface area contributed by atoms with Crippen LogP contribution in [-0.2, 0) is 9.53 Å². The number of para-hydroxylation sites is 1. The molecule has 0 aliphatic carbocycles. The molecule has 2 rings (SSSR count). The minimum Gasteiger partial charge on any atom is -0.496 e. The molecule has 0 aromatic heterocycles. The zero-order valence-electron chi connectivity index (χ0n) is 12.2. The number of carbonyl (C=O) groups is 1. The molecule has 20 heavy (non-hydrogen) atoms. The zero-order chi connectivity index (χ0) is 14.5. The number of carbonyl (C=O) groups excluding carboxylic acids is 1. The number of morpholine rings is 1. The summed E-state index contributed by atoms with van der Waals surface area (Å²) in [7, 11) is 1.63. The Kier molecular flexibility index (Phi) is 4.79. The van der Waals surface area contributed by atoms with Gasteiger partial charge in [0, 0.05) is 11.6 Å². The molecule has 1 amide bonds. The van der Waals surface area contributed by atoms with Crippen LogP contribution in [0.5, 0.6) is 5.75 Å². The van der Waals surface area contributed by atoms with Crippen LogP contribution in [0.1, 0.15) is 19.4 Å². The Morgan fingerprint density at radius 1 is 1.30 bits per heavy atom. The third kappa shape index (κ3) is 3.20. The first kappa shape index (κ1) is 14.6. The van der Waals surface area contributed by atoms with Crippen LogP contribution in [0.3, 0.4) is 0 Å². The van der Waals surface area contributed by atoms with Crippen LogP contribution in [0.25, 0.3) is 6.08 Å². The second-order valence-electron chi connectivity index (χ2n) is 5.06. The lowest BCUT2D eigenvalue weighted by Crippen LogP contribution is -2.51. The summed E-state index contributed by atoms with van der Waals surface area (Å²) in [6, 6.07) is 7.84. The maximum Gasteiger partial charge on any atom is 0.247 e. The molecule has 1 saturated heterocycles. The van der Waals surface area contributed by atoms with Gasteiger partial charge in [-0.3, -0.25) is 4.79 Å². The van der Waals surface area contributed by atoms with Crippen LogP contribution in [0.2, 0.25) is 0 Å². The van der Waals surface area contributed by atoms with E-state index in [-0.39, 0.29) is 18.0 Å². The third-order valence-electron chi connectivity index (χ3n) is 3.47. The Morgan fingerprint density at radius 2 is 1.95 bits per heavy atom. The summed E-state index contributed by atoms with van der Waals surface area (Å²) in [5.74, 6) is 0.777. The van der Waals surface area contributed by atoms with Gasteiger partial charge in [-0.1, -0.05) is 18.2 Å². The van der Waals surface area contributed by atoms with Gasteiger partial charge >= 0.3 is 0 Å². The van der Waals surface area contributed by atoms with Crippen LogP contribution in [0.15, 0.2) is 30.3 Å². The van der Waals surface area contributed by atoms with Gasteiger partial charge in [-0.25, -0.2) is 0 Å². The smallest absolute Gasteiger partial charge is 0.247 e. The van der Waals surface area contributed by atoms with E-state index in [0.29, 0.717) is 13.2 Å². The molecular weight excluding hydrogens is 254 g/mol. The maximum absolute atomic E-state index is 12.3. The minimum absolute atomic E-state index is 0.0132. The number of ether oxygens (including phenoxy) is 2. The highest BCUT2D eigenvalue weighted by molar-refractivity contribution is 5.92. The van der Waals surface area contributed by atoms with Crippen molar-refractivity contribution in [2.75, 3.05) is 20.3 Å². The van der Waals surface area contributed by atoms with Crippen molar-refractivity contribution in [2.45, 2.75) is 25.9 Å². The van der Waals surface area contributed by atoms with E-state index < -0.39 is 0 Å². The second-order valence-corrected chi connectivity index (χ2v) is 5.06. The van der Waals surface area contributed by atoms with E-state index in [1.807, 2.05) is 43.0 Å². The summed E-state index contributed by atoms with van der Waals surface area (Å²) < 4.78 is 10.7. The molecule has 0 saturated carbocycles. The first-order valence-electron chi connectivity index (χ1n) is 6.84. The molecule has 108 valence electrons. The van der Waals surface area contributed by atoms with Gasteiger partial charge in [0.25, 0.3) is 0 Å². The number of rotatable bonds is 3. The molecule has 1 aromatic carbocycles. The monoisotopic (exact) mass is 275 g/mol. The molecule has 1 aromatic rings. The van der Waals surface area contributed by atoms with Gasteiger partial charge in [-0.15, -0.1) is 0 Å². The molecular formula is C16H21NO3. The van der Waals surface area contributed by atoms with Crippen LogP contribution in [0.4, 0.5) is 0 Å². The number of benzene rings is 1. The summed E-state index contributed by atoms with van der Waals surface area (Å²) in [6.07, 6.45) is 3.41. The van der Waals surface area contributed by atoms with E-state index in [4.69, 9.17) is 9.47 Å². The first-order valence-corrected chi connectivity index (χ1v) is 6.84. The Bertz CT molecular complexity index is 488. The lowest BCUT2D eigenvalue weighted by molar-refractivity contribution is -0.138. The SMILES string of the molecule is COc1ccccc1/C=C\C(=O)N1[C@H](C)COC[C@@H]1C. The van der Waals surface area contributed by atoms with Crippen molar-refractivity contribution < 1.29 is 14.3 Å². The first-order chi connectivity index (χ1) is 9.63. The second kappa shape index (κ2) is 6.57. The number of methoxy groups -OCH3 is 1. The van der Waals surface area contributed by atoms with Gasteiger partial charge in [-0.2, -0.15) is 0 Å². The fourth-order valence-corrected chi connectivity index (χ4v) is 2.49. The maximum atomic E-state index is 12.3. The van der Waals surface area contributed by atoms with Crippen molar-refractivity contribution in [2.24, 2.45) is 0 Å².